The van der Waals surface area contributed by atoms with Crippen LogP contribution in [0.3, 0.4) is 0 Å². The van der Waals surface area contributed by atoms with Gasteiger partial charge < -0.3 is 15.5 Å². The molecule has 0 bridgehead atoms. The zero-order valence-corrected chi connectivity index (χ0v) is 10.1. The molecule has 0 aromatic rings. The van der Waals surface area contributed by atoms with Crippen molar-refractivity contribution in [1.82, 2.24) is 15.5 Å². The zero-order valence-electron chi connectivity index (χ0n) is 10.1. The van der Waals surface area contributed by atoms with Gasteiger partial charge in [0.1, 0.15) is 0 Å². The molecule has 1 atom stereocenters. The highest BCUT2D eigenvalue weighted by molar-refractivity contribution is 4.83. The molecule has 1 fully saturated rings. The van der Waals surface area contributed by atoms with Gasteiger partial charge in [-0.1, -0.05) is 0 Å². The third kappa shape index (κ3) is 3.95. The molecule has 3 nitrogen and oxygen atoms in total. The zero-order chi connectivity index (χ0) is 10.6. The second-order valence-electron chi connectivity index (χ2n) is 5.12. The van der Waals surface area contributed by atoms with Crippen LogP contribution < -0.4 is 10.6 Å². The maximum Gasteiger partial charge on any atom is 0.0246 e. The van der Waals surface area contributed by atoms with Crippen molar-refractivity contribution in [1.29, 1.82) is 0 Å². The number of rotatable bonds is 4. The summed E-state index contributed by atoms with van der Waals surface area (Å²) in [5, 5.41) is 6.96. The Morgan fingerprint density at radius 3 is 2.71 bits per heavy atom. The molecule has 1 saturated heterocycles. The summed E-state index contributed by atoms with van der Waals surface area (Å²) in [6.07, 6.45) is 2.65. The van der Waals surface area contributed by atoms with E-state index in [1.807, 2.05) is 7.05 Å². The van der Waals surface area contributed by atoms with Gasteiger partial charge in [-0.3, -0.25) is 0 Å². The van der Waals surface area contributed by atoms with Crippen molar-refractivity contribution >= 4 is 0 Å². The number of hydrogen-bond acceptors (Lipinski definition) is 3. The predicted molar refractivity (Wildman–Crippen MR) is 61.7 cm³/mol. The summed E-state index contributed by atoms with van der Waals surface area (Å²) in [4.78, 5) is 2.41. The van der Waals surface area contributed by atoms with Gasteiger partial charge in [0.05, 0.1) is 0 Å². The largest absolute Gasteiger partial charge is 0.314 e. The monoisotopic (exact) mass is 199 g/mol. The van der Waals surface area contributed by atoms with E-state index in [9.17, 15) is 0 Å². The van der Waals surface area contributed by atoms with Crippen molar-refractivity contribution in [3.8, 4) is 0 Å². The quantitative estimate of drug-likeness (QED) is 0.697. The molecular formula is C11H25N3. The molecule has 0 aromatic heterocycles. The standard InChI is InChI=1S/C11H25N3/c1-11(2,12-3)9-13-10-6-5-7-14(4)8-10/h10,12-13H,5-9H2,1-4H3. The highest BCUT2D eigenvalue weighted by atomic mass is 15.1. The number of likely N-dealkylation sites (tertiary alicyclic amines) is 1. The Hall–Kier alpha value is -0.120. The lowest BCUT2D eigenvalue weighted by Gasteiger charge is -2.33. The summed E-state index contributed by atoms with van der Waals surface area (Å²) < 4.78 is 0. The van der Waals surface area contributed by atoms with Crippen molar-refractivity contribution in [2.75, 3.05) is 33.7 Å². The van der Waals surface area contributed by atoms with Crippen LogP contribution in [0.1, 0.15) is 26.7 Å². The first-order valence-corrected chi connectivity index (χ1v) is 5.64. The number of hydrogen-bond donors (Lipinski definition) is 2. The van der Waals surface area contributed by atoms with E-state index in [2.05, 4.69) is 36.4 Å². The van der Waals surface area contributed by atoms with Crippen molar-refractivity contribution < 1.29 is 0 Å². The van der Waals surface area contributed by atoms with Gasteiger partial charge >= 0.3 is 0 Å². The summed E-state index contributed by atoms with van der Waals surface area (Å²) in [6, 6.07) is 0.682. The van der Waals surface area contributed by atoms with E-state index < -0.39 is 0 Å². The Morgan fingerprint density at radius 1 is 1.43 bits per heavy atom. The van der Waals surface area contributed by atoms with Crippen molar-refractivity contribution in [3.05, 3.63) is 0 Å². The molecule has 1 heterocycles. The van der Waals surface area contributed by atoms with Gasteiger partial charge in [-0.25, -0.2) is 0 Å². The van der Waals surface area contributed by atoms with E-state index in [0.717, 1.165) is 6.54 Å². The molecule has 2 N–H and O–H groups in total. The summed E-state index contributed by atoms with van der Waals surface area (Å²) in [5.41, 5.74) is 0.204. The first kappa shape index (κ1) is 12.0. The fourth-order valence-electron chi connectivity index (χ4n) is 1.82. The minimum atomic E-state index is 0.204. The highest BCUT2D eigenvalue weighted by Gasteiger charge is 2.20. The lowest BCUT2D eigenvalue weighted by molar-refractivity contribution is 0.217. The highest BCUT2D eigenvalue weighted by Crippen LogP contribution is 2.09. The van der Waals surface area contributed by atoms with Gasteiger partial charge in [-0.2, -0.15) is 0 Å². The first-order chi connectivity index (χ1) is 6.53. The van der Waals surface area contributed by atoms with E-state index in [0.29, 0.717) is 6.04 Å². The lowest BCUT2D eigenvalue weighted by Crippen LogP contribution is -2.52. The molecule has 0 saturated carbocycles. The summed E-state index contributed by atoms with van der Waals surface area (Å²) >= 11 is 0. The van der Waals surface area contributed by atoms with Crippen LogP contribution in [0, 0.1) is 0 Å². The van der Waals surface area contributed by atoms with E-state index >= 15 is 0 Å². The van der Waals surface area contributed by atoms with Crippen LogP contribution in [-0.2, 0) is 0 Å². The molecule has 1 aliphatic rings. The van der Waals surface area contributed by atoms with E-state index in [4.69, 9.17) is 0 Å². The van der Waals surface area contributed by atoms with Gasteiger partial charge in [0.25, 0.3) is 0 Å². The minimum Gasteiger partial charge on any atom is -0.314 e. The molecule has 0 aliphatic carbocycles. The van der Waals surface area contributed by atoms with Crippen LogP contribution in [-0.4, -0.2) is 50.2 Å². The second kappa shape index (κ2) is 5.10. The molecular weight excluding hydrogens is 174 g/mol. The molecule has 84 valence electrons. The number of nitrogens with zero attached hydrogens (tertiary/aromatic N) is 1. The van der Waals surface area contributed by atoms with E-state index in [1.54, 1.807) is 0 Å². The lowest BCUT2D eigenvalue weighted by atomic mass is 10.0. The predicted octanol–water partition coefficient (Wildman–Crippen LogP) is 0.668. The van der Waals surface area contributed by atoms with Crippen molar-refractivity contribution in [2.24, 2.45) is 0 Å². The van der Waals surface area contributed by atoms with Crippen molar-refractivity contribution in [3.63, 3.8) is 0 Å². The molecule has 3 heteroatoms. The van der Waals surface area contributed by atoms with E-state index in [1.165, 1.54) is 25.9 Å². The van der Waals surface area contributed by atoms with Crippen LogP contribution in [0.25, 0.3) is 0 Å². The van der Waals surface area contributed by atoms with Crippen LogP contribution in [0.15, 0.2) is 0 Å². The molecule has 1 aliphatic heterocycles. The van der Waals surface area contributed by atoms with Gasteiger partial charge in [-0.05, 0) is 47.3 Å². The summed E-state index contributed by atoms with van der Waals surface area (Å²) in [7, 11) is 4.23. The van der Waals surface area contributed by atoms with Crippen molar-refractivity contribution in [2.45, 2.75) is 38.3 Å². The molecule has 0 radical (unpaired) electrons. The summed E-state index contributed by atoms with van der Waals surface area (Å²) in [6.45, 7) is 7.95. The first-order valence-electron chi connectivity index (χ1n) is 5.64. The number of piperidine rings is 1. The Kier molecular flexibility index (Phi) is 4.35. The normalized spacial score (nSPS) is 25.3. The third-order valence-electron chi connectivity index (χ3n) is 3.13. The van der Waals surface area contributed by atoms with E-state index in [-0.39, 0.29) is 5.54 Å². The molecule has 0 aromatic carbocycles. The smallest absolute Gasteiger partial charge is 0.0246 e. The van der Waals surface area contributed by atoms with Gasteiger partial charge in [-0.15, -0.1) is 0 Å². The topological polar surface area (TPSA) is 27.3 Å². The molecule has 1 rings (SSSR count). The maximum atomic E-state index is 3.64. The van der Waals surface area contributed by atoms with Gasteiger partial charge in [0, 0.05) is 24.7 Å². The average molecular weight is 199 g/mol. The van der Waals surface area contributed by atoms with Crippen LogP contribution in [0.2, 0.25) is 0 Å². The minimum absolute atomic E-state index is 0.204. The van der Waals surface area contributed by atoms with Gasteiger partial charge in [0.15, 0.2) is 0 Å². The average Bonchev–Trinajstić information content (AvgIpc) is 2.15. The molecule has 1 unspecified atom stereocenters. The number of likely N-dealkylation sites (N-methyl/N-ethyl adjacent to an activating group) is 2. The summed E-state index contributed by atoms with van der Waals surface area (Å²) in [5.74, 6) is 0. The van der Waals surface area contributed by atoms with Crippen LogP contribution in [0.5, 0.6) is 0 Å². The molecule has 0 spiro atoms. The SMILES string of the molecule is CNC(C)(C)CNC1CCCN(C)C1. The Labute approximate surface area is 88.2 Å². The second-order valence-corrected chi connectivity index (χ2v) is 5.12. The Balaban J connectivity index is 2.23. The van der Waals surface area contributed by atoms with Crippen LogP contribution >= 0.6 is 0 Å². The Bertz CT molecular complexity index is 168. The van der Waals surface area contributed by atoms with Gasteiger partial charge in [0.2, 0.25) is 0 Å². The van der Waals surface area contributed by atoms with Crippen LogP contribution in [0.4, 0.5) is 0 Å². The Morgan fingerprint density at radius 2 is 2.14 bits per heavy atom. The maximum absolute atomic E-state index is 3.64. The number of nitrogens with one attached hydrogen (secondary N) is 2. The molecule has 0 amide bonds. The third-order valence-corrected chi connectivity index (χ3v) is 3.13. The fourth-order valence-corrected chi connectivity index (χ4v) is 1.82. The fraction of sp³-hybridized carbons (Fsp3) is 1.00. The molecule has 14 heavy (non-hydrogen) atoms.